The predicted molar refractivity (Wildman–Crippen MR) is 265 cm³/mol. The second-order valence-corrected chi connectivity index (χ2v) is 21.2. The van der Waals surface area contributed by atoms with Crippen molar-refractivity contribution in [1.82, 2.24) is 9.80 Å². The number of anilines is 4. The standard InChI is InChI=1S/C51H61N6O9S2.2Na/c1-26(2)56(27(3)4)50(58)54-48-32(11)21-30(9)46(34(48)13)52-36-19-20-37-41(23-36)66-42-25-40(44(68(63,64)65)24-39(42)45(37)38-17-15-16-18-43(38)67(60,61)62)53-47-31(10)22-33(12)49(35(47)14)55-51(59)57(28(5)6)29(7)8;;/h15-18,20-29,52H,1-14H3,(H,54,58)(H,55,59)(H,60,61,62)(H,63,64,65);;/q-1;2*+1. The quantitative estimate of drug-likeness (QED) is 0.0522. The summed E-state index contributed by atoms with van der Waals surface area (Å²) >= 11 is 0. The Morgan fingerprint density at radius 2 is 1.17 bits per heavy atom. The predicted octanol–water partition coefficient (Wildman–Crippen LogP) is 3.37. The molecule has 0 atom stereocenters. The Balaban J connectivity index is 0.00000533. The summed E-state index contributed by atoms with van der Waals surface area (Å²) in [5.74, 6) is 0.0534. The van der Waals surface area contributed by atoms with Gasteiger partial charge in [-0.1, -0.05) is 40.9 Å². The Labute approximate surface area is 456 Å². The molecule has 4 aromatic carbocycles. The van der Waals surface area contributed by atoms with E-state index >= 15 is 0 Å². The Hall–Kier alpha value is -4.27. The van der Waals surface area contributed by atoms with E-state index in [0.29, 0.717) is 39.6 Å². The Morgan fingerprint density at radius 3 is 1.69 bits per heavy atom. The fourth-order valence-corrected chi connectivity index (χ4v) is 10.6. The van der Waals surface area contributed by atoms with Gasteiger partial charge in [-0.05, 0) is 143 Å². The minimum absolute atomic E-state index is 0. The van der Waals surface area contributed by atoms with E-state index in [2.05, 4.69) is 27.0 Å². The zero-order chi connectivity index (χ0) is 50.5. The van der Waals surface area contributed by atoms with Gasteiger partial charge in [-0.25, -0.2) is 23.0 Å². The van der Waals surface area contributed by atoms with E-state index < -0.39 is 30.0 Å². The number of amides is 4. The second-order valence-electron chi connectivity index (χ2n) is 18.4. The third kappa shape index (κ3) is 12.1. The van der Waals surface area contributed by atoms with Gasteiger partial charge in [-0.2, -0.15) is 20.6 Å². The van der Waals surface area contributed by atoms with E-state index in [9.17, 15) is 35.5 Å². The molecular formula is C51H61N6Na2O9S2+. The van der Waals surface area contributed by atoms with Crippen LogP contribution in [0.1, 0.15) is 88.8 Å². The van der Waals surface area contributed by atoms with E-state index in [1.807, 2.05) is 102 Å². The number of benzene rings is 5. The van der Waals surface area contributed by atoms with Crippen molar-refractivity contribution < 1.29 is 104 Å². The van der Waals surface area contributed by atoms with Crippen LogP contribution in [0.2, 0.25) is 0 Å². The monoisotopic (exact) mass is 1010 g/mol. The molecule has 1 aliphatic heterocycles. The number of hydrogen-bond acceptors (Lipinski definition) is 9. The Kier molecular flexibility index (Phi) is 18.9. The molecule has 0 bridgehead atoms. The zero-order valence-corrected chi connectivity index (χ0v) is 48.6. The minimum Gasteiger partial charge on any atom is -0.744 e. The molecule has 1 aliphatic carbocycles. The average Bonchev–Trinajstić information content (AvgIpc) is 3.21. The molecule has 1 heterocycles. The number of hydrogen-bond donors (Lipinski definition) is 5. The molecular weight excluding hydrogens is 951 g/mol. The molecule has 0 radical (unpaired) electrons. The van der Waals surface area contributed by atoms with Crippen LogP contribution in [0.4, 0.5) is 38.0 Å². The van der Waals surface area contributed by atoms with Crippen LogP contribution in [-0.2, 0) is 20.2 Å². The summed E-state index contributed by atoms with van der Waals surface area (Å²) in [6, 6.07) is 17.5. The molecule has 5 N–H and O–H groups in total. The van der Waals surface area contributed by atoms with Gasteiger partial charge in [-0.15, -0.1) is 6.07 Å². The van der Waals surface area contributed by atoms with Gasteiger partial charge in [0, 0.05) is 52.1 Å². The molecule has 0 saturated heterocycles. The maximum atomic E-state index is 13.6. The van der Waals surface area contributed by atoms with Crippen LogP contribution in [-0.4, -0.2) is 72.0 Å². The summed E-state index contributed by atoms with van der Waals surface area (Å²) in [5.41, 5.74) is 7.61. The number of carbonyl (C=O) groups is 2. The van der Waals surface area contributed by atoms with Gasteiger partial charge in [-0.3, -0.25) is 4.55 Å². The number of carbonyl (C=O) groups excluding carboxylic acids is 2. The second kappa shape index (κ2) is 22.7. The molecule has 70 heavy (non-hydrogen) atoms. The maximum absolute atomic E-state index is 13.6. The van der Waals surface area contributed by atoms with Crippen molar-refractivity contribution in [3.8, 4) is 22.5 Å². The maximum Gasteiger partial charge on any atom is 1.00 e. The van der Waals surface area contributed by atoms with E-state index in [0.717, 1.165) is 28.3 Å². The molecule has 6 rings (SSSR count). The summed E-state index contributed by atoms with van der Waals surface area (Å²) in [6.45, 7) is 26.7. The van der Waals surface area contributed by atoms with Crippen molar-refractivity contribution in [3.05, 3.63) is 105 Å². The minimum atomic E-state index is -5.25. The van der Waals surface area contributed by atoms with Crippen molar-refractivity contribution in [3.63, 3.8) is 0 Å². The topological polar surface area (TPSA) is 215 Å². The van der Waals surface area contributed by atoms with Crippen LogP contribution in [0.5, 0.6) is 0 Å². The van der Waals surface area contributed by atoms with Crippen molar-refractivity contribution >= 4 is 71.7 Å². The molecule has 362 valence electrons. The third-order valence-electron chi connectivity index (χ3n) is 12.1. The molecule has 0 aromatic heterocycles. The van der Waals surface area contributed by atoms with Crippen molar-refractivity contribution in [2.75, 3.05) is 16.0 Å². The molecule has 0 spiro atoms. The number of nitrogens with one attached hydrogen (secondary N) is 4. The Morgan fingerprint density at radius 1 is 0.671 bits per heavy atom. The van der Waals surface area contributed by atoms with Crippen molar-refractivity contribution in [2.24, 2.45) is 0 Å². The molecule has 19 heteroatoms. The Bertz CT molecular complexity index is 3250. The van der Waals surface area contributed by atoms with Gasteiger partial charge in [0.15, 0.2) is 0 Å². The molecule has 15 nitrogen and oxygen atoms in total. The van der Waals surface area contributed by atoms with E-state index in [1.54, 1.807) is 34.9 Å². The van der Waals surface area contributed by atoms with Gasteiger partial charge >= 0.3 is 71.2 Å². The molecule has 4 amide bonds. The first-order chi connectivity index (χ1) is 31.6. The number of urea groups is 2. The molecule has 0 unspecified atom stereocenters. The van der Waals surface area contributed by atoms with Crippen LogP contribution in [0, 0.1) is 47.6 Å². The average molecular weight is 1010 g/mol. The number of nitrogens with zero attached hydrogens (tertiary/aromatic N) is 2. The summed E-state index contributed by atoms with van der Waals surface area (Å²) in [5, 5.41) is 9.73. The fraction of sp³-hybridized carbons (Fsp3) is 0.353. The summed E-state index contributed by atoms with van der Waals surface area (Å²) in [6.07, 6.45) is 0. The van der Waals surface area contributed by atoms with Gasteiger partial charge in [0.05, 0.1) is 17.4 Å². The largest absolute Gasteiger partial charge is 1.00 e. The SMILES string of the molecule is Cc1cc(C)c(Nc2[c-]cc3c(-c4ccccc4S(=O)(=O)O)c4cc(S(=O)(=O)[O-])c(=[NH+]c5c(C)cc(C)c(NC(=O)N(C(C)C)C(C)C)c5C)cc-4oc3c2)c(C)c1NC(=O)N(C(C)C)C(C)C.[Na+].[Na+]. The number of fused-ring (bicyclic) bond motifs is 2. The van der Waals surface area contributed by atoms with Crippen molar-refractivity contribution in [2.45, 2.75) is 131 Å². The van der Waals surface area contributed by atoms with Gasteiger partial charge in [0.25, 0.3) is 10.1 Å². The zero-order valence-electron chi connectivity index (χ0n) is 43.0. The molecule has 2 aliphatic rings. The van der Waals surface area contributed by atoms with Gasteiger partial charge in [0.1, 0.15) is 25.7 Å². The first-order valence-corrected chi connectivity index (χ1v) is 25.2. The first kappa shape index (κ1) is 58.3. The fourth-order valence-electron chi connectivity index (χ4n) is 9.30. The molecule has 0 fully saturated rings. The van der Waals surface area contributed by atoms with Gasteiger partial charge < -0.3 is 34.7 Å². The summed E-state index contributed by atoms with van der Waals surface area (Å²) in [4.78, 5) is 32.7. The molecule has 0 saturated carbocycles. The van der Waals surface area contributed by atoms with E-state index in [-0.39, 0.29) is 134 Å². The van der Waals surface area contributed by atoms with Crippen LogP contribution < -0.4 is 85.4 Å². The van der Waals surface area contributed by atoms with Crippen LogP contribution >= 0.6 is 0 Å². The van der Waals surface area contributed by atoms with E-state index in [4.69, 9.17) is 4.42 Å². The van der Waals surface area contributed by atoms with Gasteiger partial charge in [0.2, 0.25) is 11.0 Å². The third-order valence-corrected chi connectivity index (χ3v) is 13.9. The number of aryl methyl sites for hydroxylation is 4. The smallest absolute Gasteiger partial charge is 0.744 e. The molecule has 4 aromatic rings. The summed E-state index contributed by atoms with van der Waals surface area (Å²) < 4.78 is 82.7. The van der Waals surface area contributed by atoms with Crippen LogP contribution in [0.25, 0.3) is 33.4 Å². The normalized spacial score (nSPS) is 12.1. The summed E-state index contributed by atoms with van der Waals surface area (Å²) in [7, 11) is -10.1. The van der Waals surface area contributed by atoms with Crippen molar-refractivity contribution in [1.29, 1.82) is 0 Å². The van der Waals surface area contributed by atoms with Crippen LogP contribution in [0.15, 0.2) is 74.9 Å². The first-order valence-electron chi connectivity index (χ1n) is 22.4. The number of rotatable bonds is 12. The van der Waals surface area contributed by atoms with Crippen LogP contribution in [0.3, 0.4) is 0 Å². The van der Waals surface area contributed by atoms with E-state index in [1.165, 1.54) is 24.3 Å².